The average Bonchev–Trinajstić information content (AvgIpc) is 3.73. The fourth-order valence-corrected chi connectivity index (χ4v) is 6.99. The predicted molar refractivity (Wildman–Crippen MR) is 189 cm³/mol. The number of hydrogen-bond donors (Lipinski definition) is 3. The monoisotopic (exact) mass is 727 g/mol. The minimum atomic E-state index is -4.19. The van der Waals surface area contributed by atoms with Crippen LogP contribution in [-0.4, -0.2) is 55.2 Å². The number of benzene rings is 2. The van der Waals surface area contributed by atoms with Gasteiger partial charge >= 0.3 is 5.63 Å². The molecule has 0 amide bonds. The van der Waals surface area contributed by atoms with Gasteiger partial charge in [-0.3, -0.25) is 4.98 Å². The van der Waals surface area contributed by atoms with Crippen molar-refractivity contribution in [3.05, 3.63) is 111 Å². The number of hydrogen-bond acceptors (Lipinski definition) is 12. The van der Waals surface area contributed by atoms with Crippen molar-refractivity contribution in [2.24, 2.45) is 0 Å². The second-order valence-electron chi connectivity index (χ2n) is 11.5. The van der Waals surface area contributed by atoms with Crippen molar-refractivity contribution >= 4 is 43.9 Å². The van der Waals surface area contributed by atoms with Crippen molar-refractivity contribution in [2.45, 2.75) is 38.3 Å². The van der Waals surface area contributed by atoms with E-state index in [-0.39, 0.29) is 45.1 Å². The molecule has 0 saturated carbocycles. The third-order valence-electron chi connectivity index (χ3n) is 8.11. The average molecular weight is 728 g/mol. The lowest BCUT2D eigenvalue weighted by Gasteiger charge is -2.13. The Morgan fingerprint density at radius 3 is 2.69 bits per heavy atom. The number of aryl methyl sites for hydroxylation is 2. The van der Waals surface area contributed by atoms with Gasteiger partial charge in [0.2, 0.25) is 10.0 Å². The molecule has 5 heterocycles. The van der Waals surface area contributed by atoms with E-state index in [9.17, 15) is 18.3 Å². The first-order valence-corrected chi connectivity index (χ1v) is 17.5. The lowest BCUT2D eigenvalue weighted by molar-refractivity contribution is 0.402. The normalized spacial score (nSPS) is 11.8. The molecule has 0 aliphatic rings. The first-order chi connectivity index (χ1) is 24.5. The molecule has 0 aliphatic heterocycles. The van der Waals surface area contributed by atoms with Crippen molar-refractivity contribution in [1.29, 1.82) is 0 Å². The Labute approximate surface area is 295 Å². The summed E-state index contributed by atoms with van der Waals surface area (Å²) < 4.78 is 43.5. The standard InChI is InChI=1S/C34H30ClN9O6S/c1-4-23-11-20(9-10-36-23)16-37-26-15-31(35)41-44-32(19(2)39-33(26)44)22-6-8-28(49-3)30(13-22)51(47,48)38-17-24-18-43(42-40-24)27-12-21-5-7-25(45)14-29(21)50-34(27)46/h5-15,18,37-38,45H,4,16-17H2,1-3H3. The maximum Gasteiger partial charge on any atom is 0.362 e. The van der Waals surface area contributed by atoms with Crippen molar-refractivity contribution in [3.8, 4) is 28.4 Å². The van der Waals surface area contributed by atoms with Crippen molar-refractivity contribution < 1.29 is 22.7 Å². The Bertz CT molecular complexity index is 2620. The first kappa shape index (κ1) is 33.6. The molecule has 51 heavy (non-hydrogen) atoms. The van der Waals surface area contributed by atoms with Crippen LogP contribution in [0.25, 0.3) is 33.6 Å². The van der Waals surface area contributed by atoms with Crippen LogP contribution in [0.1, 0.15) is 29.6 Å². The molecule has 17 heteroatoms. The molecule has 0 fully saturated rings. The van der Waals surface area contributed by atoms with Gasteiger partial charge in [-0.15, -0.1) is 5.10 Å². The number of phenolic OH excluding ortho intramolecular Hbond substituents is 1. The van der Waals surface area contributed by atoms with E-state index in [1.165, 1.54) is 42.3 Å². The SMILES string of the molecule is CCc1cc(CNc2cc(Cl)nn3c(-c4ccc(OC)c(S(=O)(=O)NCc5cn(-c6cc7ccc(O)cc7oc6=O)nn5)c4)c(C)nc23)ccn1. The quantitative estimate of drug-likeness (QED) is 0.154. The Morgan fingerprint density at radius 2 is 1.88 bits per heavy atom. The number of nitrogens with zero attached hydrogens (tertiary/aromatic N) is 7. The molecule has 0 atom stereocenters. The van der Waals surface area contributed by atoms with Gasteiger partial charge in [0.05, 0.1) is 42.6 Å². The number of anilines is 1. The fourth-order valence-electron chi connectivity index (χ4n) is 5.61. The molecule has 0 radical (unpaired) electrons. The Kier molecular flexibility index (Phi) is 8.88. The van der Waals surface area contributed by atoms with Gasteiger partial charge in [0.15, 0.2) is 16.5 Å². The molecule has 0 aliphatic carbocycles. The van der Waals surface area contributed by atoms with Gasteiger partial charge in [0.25, 0.3) is 0 Å². The minimum Gasteiger partial charge on any atom is -0.508 e. The van der Waals surface area contributed by atoms with Gasteiger partial charge in [-0.05, 0) is 67.4 Å². The van der Waals surface area contributed by atoms with Gasteiger partial charge < -0.3 is 19.6 Å². The summed E-state index contributed by atoms with van der Waals surface area (Å²) in [4.78, 5) is 21.6. The van der Waals surface area contributed by atoms with Crippen molar-refractivity contribution in [1.82, 2.24) is 39.3 Å². The fraction of sp³-hybridized carbons (Fsp3) is 0.176. The zero-order valence-corrected chi connectivity index (χ0v) is 29.0. The second kappa shape index (κ2) is 13.5. The summed E-state index contributed by atoms with van der Waals surface area (Å²) in [5.74, 6) is 0.0635. The number of aromatic nitrogens is 7. The van der Waals surface area contributed by atoms with Gasteiger partial charge in [-0.25, -0.2) is 32.1 Å². The predicted octanol–water partition coefficient (Wildman–Crippen LogP) is 4.81. The first-order valence-electron chi connectivity index (χ1n) is 15.6. The number of methoxy groups -OCH3 is 1. The van der Waals surface area contributed by atoms with E-state index in [0.29, 0.717) is 40.2 Å². The molecule has 0 bridgehead atoms. The molecule has 7 aromatic rings. The summed E-state index contributed by atoms with van der Waals surface area (Å²) in [6, 6.07) is 16.3. The van der Waals surface area contributed by atoms with Crippen LogP contribution in [0.5, 0.6) is 11.5 Å². The highest BCUT2D eigenvalue weighted by molar-refractivity contribution is 7.89. The zero-order chi connectivity index (χ0) is 35.9. The van der Waals surface area contributed by atoms with Gasteiger partial charge in [-0.1, -0.05) is 23.7 Å². The number of rotatable bonds is 11. The van der Waals surface area contributed by atoms with Crippen LogP contribution in [0.2, 0.25) is 5.15 Å². The summed E-state index contributed by atoms with van der Waals surface area (Å²) >= 11 is 6.47. The van der Waals surface area contributed by atoms with Crippen LogP contribution in [-0.2, 0) is 29.5 Å². The van der Waals surface area contributed by atoms with Gasteiger partial charge in [0.1, 0.15) is 22.0 Å². The van der Waals surface area contributed by atoms with Crippen molar-refractivity contribution in [2.75, 3.05) is 12.4 Å². The summed E-state index contributed by atoms with van der Waals surface area (Å²) in [6.45, 7) is 4.10. The van der Waals surface area contributed by atoms with E-state index in [1.54, 1.807) is 41.9 Å². The lowest BCUT2D eigenvalue weighted by Crippen LogP contribution is -2.24. The number of imidazole rings is 1. The number of halogens is 1. The number of sulfonamides is 1. The van der Waals surface area contributed by atoms with E-state index in [4.69, 9.17) is 25.7 Å². The third kappa shape index (κ3) is 6.71. The van der Waals surface area contributed by atoms with Crippen LogP contribution < -0.4 is 20.4 Å². The molecule has 2 aromatic carbocycles. The van der Waals surface area contributed by atoms with Crippen LogP contribution >= 0.6 is 11.6 Å². The molecular weight excluding hydrogens is 698 g/mol. The second-order valence-corrected chi connectivity index (χ2v) is 13.6. The molecule has 5 aromatic heterocycles. The number of fused-ring (bicyclic) bond motifs is 2. The highest BCUT2D eigenvalue weighted by atomic mass is 35.5. The van der Waals surface area contributed by atoms with Crippen LogP contribution in [0.4, 0.5) is 5.69 Å². The van der Waals surface area contributed by atoms with E-state index < -0.39 is 15.6 Å². The summed E-state index contributed by atoms with van der Waals surface area (Å²) in [5.41, 5.74) is 4.60. The molecule has 7 rings (SSSR count). The molecular formula is C34H30ClN9O6S. The maximum absolute atomic E-state index is 13.7. The molecule has 0 unspecified atom stereocenters. The summed E-state index contributed by atoms with van der Waals surface area (Å²) in [7, 11) is -2.81. The summed E-state index contributed by atoms with van der Waals surface area (Å²) in [6.07, 6.45) is 4.00. The molecule has 0 saturated heterocycles. The van der Waals surface area contributed by atoms with E-state index in [0.717, 1.165) is 17.7 Å². The molecule has 3 N–H and O–H groups in total. The topological polar surface area (TPSA) is 192 Å². The molecule has 0 spiro atoms. The summed E-state index contributed by atoms with van der Waals surface area (Å²) in [5, 5.41) is 26.3. The minimum absolute atomic E-state index is 0.0461. The molecule has 15 nitrogen and oxygen atoms in total. The number of nitrogens with one attached hydrogen (secondary N) is 2. The van der Waals surface area contributed by atoms with E-state index in [2.05, 4.69) is 30.4 Å². The van der Waals surface area contributed by atoms with Crippen LogP contribution in [0.15, 0.2) is 87.2 Å². The van der Waals surface area contributed by atoms with Crippen LogP contribution in [0, 0.1) is 6.92 Å². The third-order valence-corrected chi connectivity index (χ3v) is 9.72. The number of aromatic hydroxyl groups is 1. The maximum atomic E-state index is 13.7. The number of ether oxygens (including phenoxy) is 1. The highest BCUT2D eigenvalue weighted by Crippen LogP contribution is 2.34. The Hall–Kier alpha value is -5.84. The van der Waals surface area contributed by atoms with E-state index >= 15 is 0 Å². The van der Waals surface area contributed by atoms with Gasteiger partial charge in [0, 0.05) is 41.5 Å². The number of phenols is 1. The Balaban J connectivity index is 1.16. The lowest BCUT2D eigenvalue weighted by atomic mass is 10.1. The van der Waals surface area contributed by atoms with Crippen molar-refractivity contribution in [3.63, 3.8) is 0 Å². The highest BCUT2D eigenvalue weighted by Gasteiger charge is 2.24. The number of pyridine rings is 1. The Morgan fingerprint density at radius 1 is 1.04 bits per heavy atom. The van der Waals surface area contributed by atoms with Crippen LogP contribution in [0.3, 0.4) is 0 Å². The largest absolute Gasteiger partial charge is 0.508 e. The zero-order valence-electron chi connectivity index (χ0n) is 27.5. The van der Waals surface area contributed by atoms with E-state index in [1.807, 2.05) is 19.1 Å². The smallest absolute Gasteiger partial charge is 0.362 e. The molecule has 260 valence electrons. The van der Waals surface area contributed by atoms with Gasteiger partial charge in [-0.2, -0.15) is 5.10 Å².